The Balaban J connectivity index is 1.63. The van der Waals surface area contributed by atoms with Gasteiger partial charge in [-0.3, -0.25) is 9.48 Å². The summed E-state index contributed by atoms with van der Waals surface area (Å²) in [6.45, 7) is 5.62. The van der Waals surface area contributed by atoms with Gasteiger partial charge in [0.1, 0.15) is 5.75 Å². The molecule has 0 atom stereocenters. The summed E-state index contributed by atoms with van der Waals surface area (Å²) in [5, 5.41) is 7.22. The van der Waals surface area contributed by atoms with E-state index in [1.807, 2.05) is 53.3 Å². The average molecular weight is 363 g/mol. The molecule has 140 valence electrons. The van der Waals surface area contributed by atoms with Gasteiger partial charge < -0.3 is 10.1 Å². The molecule has 0 aliphatic rings. The fraction of sp³-hybridized carbons (Fsp3) is 0.273. The Morgan fingerprint density at radius 2 is 1.89 bits per heavy atom. The zero-order valence-electron chi connectivity index (χ0n) is 15.8. The van der Waals surface area contributed by atoms with Crippen LogP contribution < -0.4 is 10.1 Å². The number of hydrogen-bond donors (Lipinski definition) is 1. The van der Waals surface area contributed by atoms with E-state index in [1.165, 1.54) is 0 Å². The van der Waals surface area contributed by atoms with Crippen molar-refractivity contribution < 1.29 is 9.53 Å². The maximum absolute atomic E-state index is 12.6. The van der Waals surface area contributed by atoms with Gasteiger partial charge in [0.15, 0.2) is 0 Å². The van der Waals surface area contributed by atoms with E-state index in [2.05, 4.69) is 24.3 Å². The molecule has 1 aromatic heterocycles. The smallest absolute Gasteiger partial charge is 0.255 e. The third-order valence-electron chi connectivity index (χ3n) is 4.24. The summed E-state index contributed by atoms with van der Waals surface area (Å²) in [5.74, 6) is 1.25. The lowest BCUT2D eigenvalue weighted by molar-refractivity contribution is 0.102. The molecule has 0 spiro atoms. The Morgan fingerprint density at radius 1 is 1.11 bits per heavy atom. The van der Waals surface area contributed by atoms with Crippen molar-refractivity contribution in [3.05, 3.63) is 78.1 Å². The number of anilines is 1. The lowest BCUT2D eigenvalue weighted by atomic mass is 10.1. The standard InChI is InChI=1S/C22H25N3O2/c1-17(2)12-15-27-20-10-8-18(9-11-20)22(26)24-21-7-4-3-6-19(21)16-25-14-5-13-23-25/h3-11,13-14,17H,12,15-16H2,1-2H3,(H,24,26). The highest BCUT2D eigenvalue weighted by atomic mass is 16.5. The zero-order chi connectivity index (χ0) is 19.1. The number of nitrogens with one attached hydrogen (secondary N) is 1. The minimum atomic E-state index is -0.142. The lowest BCUT2D eigenvalue weighted by Gasteiger charge is -2.12. The third kappa shape index (κ3) is 5.45. The second-order valence-electron chi connectivity index (χ2n) is 6.87. The topological polar surface area (TPSA) is 56.1 Å². The Labute approximate surface area is 160 Å². The lowest BCUT2D eigenvalue weighted by Crippen LogP contribution is -2.14. The number of para-hydroxylation sites is 1. The predicted molar refractivity (Wildman–Crippen MR) is 107 cm³/mol. The fourth-order valence-corrected chi connectivity index (χ4v) is 2.66. The molecule has 3 rings (SSSR count). The van der Waals surface area contributed by atoms with Crippen LogP contribution in [0.15, 0.2) is 67.0 Å². The van der Waals surface area contributed by atoms with E-state index in [0.29, 0.717) is 24.6 Å². The maximum atomic E-state index is 12.6. The zero-order valence-corrected chi connectivity index (χ0v) is 15.8. The van der Waals surface area contributed by atoms with E-state index in [-0.39, 0.29) is 5.91 Å². The van der Waals surface area contributed by atoms with Crippen molar-refractivity contribution in [2.75, 3.05) is 11.9 Å². The predicted octanol–water partition coefficient (Wildman–Crippen LogP) is 4.61. The minimum absolute atomic E-state index is 0.142. The molecule has 2 aromatic carbocycles. The van der Waals surface area contributed by atoms with E-state index in [4.69, 9.17) is 4.74 Å². The van der Waals surface area contributed by atoms with Gasteiger partial charge in [0.2, 0.25) is 0 Å². The minimum Gasteiger partial charge on any atom is -0.494 e. The van der Waals surface area contributed by atoms with Gasteiger partial charge in [-0.2, -0.15) is 5.10 Å². The molecule has 0 radical (unpaired) electrons. The van der Waals surface area contributed by atoms with Crippen LogP contribution in [0.2, 0.25) is 0 Å². The molecule has 27 heavy (non-hydrogen) atoms. The van der Waals surface area contributed by atoms with Crippen molar-refractivity contribution in [1.82, 2.24) is 9.78 Å². The van der Waals surface area contributed by atoms with E-state index in [9.17, 15) is 4.79 Å². The number of amides is 1. The van der Waals surface area contributed by atoms with Gasteiger partial charge in [0.25, 0.3) is 5.91 Å². The molecular weight excluding hydrogens is 338 g/mol. The van der Waals surface area contributed by atoms with E-state index < -0.39 is 0 Å². The monoisotopic (exact) mass is 363 g/mol. The molecular formula is C22H25N3O2. The van der Waals surface area contributed by atoms with Crippen molar-refractivity contribution in [2.45, 2.75) is 26.8 Å². The fourth-order valence-electron chi connectivity index (χ4n) is 2.66. The highest BCUT2D eigenvalue weighted by molar-refractivity contribution is 6.04. The summed E-state index contributed by atoms with van der Waals surface area (Å²) < 4.78 is 7.53. The van der Waals surface area contributed by atoms with Crippen LogP contribution in [-0.4, -0.2) is 22.3 Å². The van der Waals surface area contributed by atoms with Crippen molar-refractivity contribution in [3.63, 3.8) is 0 Å². The first-order valence-corrected chi connectivity index (χ1v) is 9.21. The van der Waals surface area contributed by atoms with Gasteiger partial charge in [-0.25, -0.2) is 0 Å². The number of nitrogens with zero attached hydrogens (tertiary/aromatic N) is 2. The summed E-state index contributed by atoms with van der Waals surface area (Å²) in [6.07, 6.45) is 4.65. The van der Waals surface area contributed by atoms with E-state index in [0.717, 1.165) is 23.4 Å². The largest absolute Gasteiger partial charge is 0.494 e. The van der Waals surface area contributed by atoms with Gasteiger partial charge in [-0.05, 0) is 54.3 Å². The molecule has 0 aliphatic heterocycles. The number of hydrogen-bond acceptors (Lipinski definition) is 3. The highest BCUT2D eigenvalue weighted by Gasteiger charge is 2.10. The molecule has 0 fully saturated rings. The van der Waals surface area contributed by atoms with Crippen LogP contribution in [0.3, 0.4) is 0 Å². The molecule has 0 saturated heterocycles. The van der Waals surface area contributed by atoms with Gasteiger partial charge in [0, 0.05) is 23.6 Å². The van der Waals surface area contributed by atoms with E-state index >= 15 is 0 Å². The highest BCUT2D eigenvalue weighted by Crippen LogP contribution is 2.19. The van der Waals surface area contributed by atoms with Gasteiger partial charge in [0.05, 0.1) is 13.2 Å². The summed E-state index contributed by atoms with van der Waals surface area (Å²) in [7, 11) is 0. The molecule has 0 aliphatic carbocycles. The first-order chi connectivity index (χ1) is 13.1. The van der Waals surface area contributed by atoms with Crippen molar-refractivity contribution >= 4 is 11.6 Å². The Hall–Kier alpha value is -3.08. The second-order valence-corrected chi connectivity index (χ2v) is 6.87. The quantitative estimate of drug-likeness (QED) is 0.636. The van der Waals surface area contributed by atoms with Crippen molar-refractivity contribution in [2.24, 2.45) is 5.92 Å². The third-order valence-corrected chi connectivity index (χ3v) is 4.24. The molecule has 1 N–H and O–H groups in total. The maximum Gasteiger partial charge on any atom is 0.255 e. The Kier molecular flexibility index (Phi) is 6.26. The van der Waals surface area contributed by atoms with Crippen LogP contribution >= 0.6 is 0 Å². The van der Waals surface area contributed by atoms with Crippen molar-refractivity contribution in [3.8, 4) is 5.75 Å². The number of ether oxygens (including phenoxy) is 1. The molecule has 0 bridgehead atoms. The molecule has 0 unspecified atom stereocenters. The molecule has 0 saturated carbocycles. The normalized spacial score (nSPS) is 10.8. The SMILES string of the molecule is CC(C)CCOc1ccc(C(=O)Nc2ccccc2Cn2cccn2)cc1. The summed E-state index contributed by atoms with van der Waals surface area (Å²) in [6, 6.07) is 16.9. The number of benzene rings is 2. The van der Waals surface area contributed by atoms with Crippen LogP contribution in [0, 0.1) is 5.92 Å². The average Bonchev–Trinajstić information content (AvgIpc) is 3.17. The summed E-state index contributed by atoms with van der Waals surface area (Å²) in [4.78, 5) is 12.6. The first kappa shape index (κ1) is 18.7. The Morgan fingerprint density at radius 3 is 2.59 bits per heavy atom. The number of carbonyl (C=O) groups is 1. The van der Waals surface area contributed by atoms with E-state index in [1.54, 1.807) is 18.3 Å². The molecule has 5 heteroatoms. The molecule has 5 nitrogen and oxygen atoms in total. The van der Waals surface area contributed by atoms with Crippen LogP contribution in [0.5, 0.6) is 5.75 Å². The number of rotatable bonds is 8. The Bertz CT molecular complexity index is 856. The van der Waals surface area contributed by atoms with Crippen LogP contribution in [-0.2, 0) is 6.54 Å². The van der Waals surface area contributed by atoms with Crippen LogP contribution in [0.4, 0.5) is 5.69 Å². The summed E-state index contributed by atoms with van der Waals surface area (Å²) in [5.41, 5.74) is 2.39. The van der Waals surface area contributed by atoms with Gasteiger partial charge in [-0.1, -0.05) is 32.0 Å². The molecule has 1 amide bonds. The first-order valence-electron chi connectivity index (χ1n) is 9.21. The molecule has 1 heterocycles. The van der Waals surface area contributed by atoms with Crippen LogP contribution in [0.25, 0.3) is 0 Å². The second kappa shape index (κ2) is 9.03. The van der Waals surface area contributed by atoms with Crippen molar-refractivity contribution in [1.29, 1.82) is 0 Å². The molecule has 3 aromatic rings. The van der Waals surface area contributed by atoms with Crippen LogP contribution in [0.1, 0.15) is 36.2 Å². The van der Waals surface area contributed by atoms with Gasteiger partial charge >= 0.3 is 0 Å². The van der Waals surface area contributed by atoms with Gasteiger partial charge in [-0.15, -0.1) is 0 Å². The number of carbonyl (C=O) groups excluding carboxylic acids is 1. The summed E-state index contributed by atoms with van der Waals surface area (Å²) >= 11 is 0. The number of aromatic nitrogens is 2.